The van der Waals surface area contributed by atoms with Gasteiger partial charge >= 0.3 is 5.97 Å². The fraction of sp³-hybridized carbons (Fsp3) is 0.923. The molecule has 0 aromatic rings. The van der Waals surface area contributed by atoms with Crippen molar-refractivity contribution in [1.29, 1.82) is 0 Å². The van der Waals surface area contributed by atoms with Gasteiger partial charge in [0.05, 0.1) is 12.2 Å². The van der Waals surface area contributed by atoms with Gasteiger partial charge in [0.25, 0.3) is 10.2 Å². The van der Waals surface area contributed by atoms with E-state index in [9.17, 15) is 18.3 Å². The Balaban J connectivity index is 2.05. The molecule has 8 heteroatoms. The van der Waals surface area contributed by atoms with Crippen LogP contribution in [0, 0.1) is 0 Å². The standard InChI is InChI=1S/C13H24N2O5S/c1-3-7-13(17)9-14(10-13)21(18,19)15-8-5-6-11(15)12(16)20-4-2/h11,17H,3-10H2,1-2H3. The summed E-state index contributed by atoms with van der Waals surface area (Å²) in [6, 6.07) is -0.727. The van der Waals surface area contributed by atoms with Crippen molar-refractivity contribution < 1.29 is 23.1 Å². The van der Waals surface area contributed by atoms with Crippen LogP contribution in [0.5, 0.6) is 0 Å². The summed E-state index contributed by atoms with van der Waals surface area (Å²) in [5.74, 6) is -0.483. The molecule has 2 heterocycles. The highest BCUT2D eigenvalue weighted by Gasteiger charge is 2.51. The van der Waals surface area contributed by atoms with Crippen LogP contribution in [0.4, 0.5) is 0 Å². The van der Waals surface area contributed by atoms with Gasteiger partial charge in [-0.15, -0.1) is 0 Å². The number of esters is 1. The molecule has 0 aliphatic carbocycles. The minimum atomic E-state index is -3.70. The van der Waals surface area contributed by atoms with Crippen molar-refractivity contribution in [3.63, 3.8) is 0 Å². The van der Waals surface area contributed by atoms with Crippen molar-refractivity contribution in [3.8, 4) is 0 Å². The number of hydrogen-bond acceptors (Lipinski definition) is 5. The zero-order valence-electron chi connectivity index (χ0n) is 12.6. The molecule has 2 rings (SSSR count). The van der Waals surface area contributed by atoms with E-state index in [0.29, 0.717) is 25.8 Å². The zero-order chi connectivity index (χ0) is 15.7. The highest BCUT2D eigenvalue weighted by atomic mass is 32.2. The van der Waals surface area contributed by atoms with E-state index in [-0.39, 0.29) is 19.7 Å². The van der Waals surface area contributed by atoms with Crippen LogP contribution in [0.3, 0.4) is 0 Å². The van der Waals surface area contributed by atoms with E-state index in [2.05, 4.69) is 0 Å². The SMILES string of the molecule is CCCC1(O)CN(S(=O)(=O)N2CCCC2C(=O)OCC)C1. The number of nitrogens with zero attached hydrogens (tertiary/aromatic N) is 2. The number of β-amino-alcohol motifs (C(OH)–C–C–N with tert-alkyl or cyclic N) is 1. The smallest absolute Gasteiger partial charge is 0.324 e. The first-order valence-electron chi connectivity index (χ1n) is 7.50. The van der Waals surface area contributed by atoms with Gasteiger partial charge in [-0.2, -0.15) is 17.0 Å². The monoisotopic (exact) mass is 320 g/mol. The number of aliphatic hydroxyl groups is 1. The van der Waals surface area contributed by atoms with Crippen LogP contribution < -0.4 is 0 Å². The third-order valence-electron chi connectivity index (χ3n) is 4.04. The Morgan fingerprint density at radius 3 is 2.62 bits per heavy atom. The zero-order valence-corrected chi connectivity index (χ0v) is 13.4. The number of carbonyl (C=O) groups is 1. The normalized spacial score (nSPS) is 26.5. The highest BCUT2D eigenvalue weighted by molar-refractivity contribution is 7.86. The van der Waals surface area contributed by atoms with Crippen molar-refractivity contribution in [2.75, 3.05) is 26.2 Å². The van der Waals surface area contributed by atoms with E-state index in [1.54, 1.807) is 6.92 Å². The van der Waals surface area contributed by atoms with E-state index in [1.807, 2.05) is 6.92 Å². The molecule has 0 amide bonds. The van der Waals surface area contributed by atoms with Gasteiger partial charge in [0, 0.05) is 19.6 Å². The van der Waals surface area contributed by atoms with E-state index < -0.39 is 27.8 Å². The van der Waals surface area contributed by atoms with E-state index in [1.165, 1.54) is 8.61 Å². The van der Waals surface area contributed by atoms with Crippen molar-refractivity contribution >= 4 is 16.2 Å². The van der Waals surface area contributed by atoms with E-state index >= 15 is 0 Å². The summed E-state index contributed by atoms with van der Waals surface area (Å²) in [6.07, 6.45) is 2.53. The highest BCUT2D eigenvalue weighted by Crippen LogP contribution is 2.32. The van der Waals surface area contributed by atoms with E-state index in [4.69, 9.17) is 4.74 Å². The molecule has 0 aromatic carbocycles. The fourth-order valence-electron chi connectivity index (χ4n) is 3.04. The second-order valence-electron chi connectivity index (χ2n) is 5.77. The third-order valence-corrected chi connectivity index (χ3v) is 5.98. The molecule has 0 spiro atoms. The molecule has 0 bridgehead atoms. The second kappa shape index (κ2) is 6.20. The van der Waals surface area contributed by atoms with Crippen molar-refractivity contribution in [2.45, 2.75) is 51.2 Å². The Morgan fingerprint density at radius 1 is 1.38 bits per heavy atom. The van der Waals surface area contributed by atoms with Gasteiger partial charge < -0.3 is 9.84 Å². The van der Waals surface area contributed by atoms with Crippen molar-refractivity contribution in [1.82, 2.24) is 8.61 Å². The van der Waals surface area contributed by atoms with Crippen LogP contribution in [0.1, 0.15) is 39.5 Å². The van der Waals surface area contributed by atoms with Gasteiger partial charge in [0.1, 0.15) is 6.04 Å². The molecule has 0 aromatic heterocycles. The topological polar surface area (TPSA) is 87.2 Å². The van der Waals surface area contributed by atoms with Gasteiger partial charge in [-0.25, -0.2) is 0 Å². The molecule has 1 atom stereocenters. The average Bonchev–Trinajstić information content (AvgIpc) is 2.86. The molecule has 0 saturated carbocycles. The van der Waals surface area contributed by atoms with Crippen LogP contribution in [-0.2, 0) is 19.7 Å². The van der Waals surface area contributed by atoms with Gasteiger partial charge in [-0.05, 0) is 26.2 Å². The molecule has 2 aliphatic rings. The summed E-state index contributed by atoms with van der Waals surface area (Å²) in [4.78, 5) is 11.9. The van der Waals surface area contributed by atoms with Gasteiger partial charge in [0.2, 0.25) is 0 Å². The van der Waals surface area contributed by atoms with Crippen LogP contribution in [0.2, 0.25) is 0 Å². The molecule has 7 nitrogen and oxygen atoms in total. The largest absolute Gasteiger partial charge is 0.465 e. The maximum atomic E-state index is 12.6. The van der Waals surface area contributed by atoms with Crippen LogP contribution in [0.25, 0.3) is 0 Å². The summed E-state index contributed by atoms with van der Waals surface area (Å²) in [6.45, 7) is 4.43. The summed E-state index contributed by atoms with van der Waals surface area (Å²) in [5.41, 5.74) is -0.916. The Hall–Kier alpha value is -0.700. The van der Waals surface area contributed by atoms with Gasteiger partial charge in [-0.1, -0.05) is 13.3 Å². The van der Waals surface area contributed by atoms with Crippen molar-refractivity contribution in [2.24, 2.45) is 0 Å². The predicted molar refractivity (Wildman–Crippen MR) is 76.7 cm³/mol. The Kier molecular flexibility index (Phi) is 4.92. The Bertz CT molecular complexity index is 487. The lowest BCUT2D eigenvalue weighted by Gasteiger charge is -2.46. The minimum Gasteiger partial charge on any atom is -0.465 e. The fourth-order valence-corrected chi connectivity index (χ4v) is 5.01. The molecule has 2 aliphatic heterocycles. The molecule has 1 N–H and O–H groups in total. The molecule has 1 unspecified atom stereocenters. The lowest BCUT2D eigenvalue weighted by atomic mass is 9.92. The maximum absolute atomic E-state index is 12.6. The first-order valence-corrected chi connectivity index (χ1v) is 8.89. The van der Waals surface area contributed by atoms with Gasteiger partial charge in [0.15, 0.2) is 0 Å². The first kappa shape index (κ1) is 16.7. The summed E-state index contributed by atoms with van der Waals surface area (Å²) in [5, 5.41) is 10.1. The quantitative estimate of drug-likeness (QED) is 0.702. The van der Waals surface area contributed by atoms with Crippen LogP contribution in [0.15, 0.2) is 0 Å². The third kappa shape index (κ3) is 3.23. The molecule has 21 heavy (non-hydrogen) atoms. The lowest BCUT2D eigenvalue weighted by molar-refractivity contribution is -0.147. The summed E-state index contributed by atoms with van der Waals surface area (Å²) < 4.78 is 32.5. The minimum absolute atomic E-state index is 0.106. The average molecular weight is 320 g/mol. The lowest BCUT2D eigenvalue weighted by Crippen LogP contribution is -2.66. The molecule has 0 radical (unpaired) electrons. The molecule has 2 fully saturated rings. The molecule has 122 valence electrons. The number of hydrogen-bond donors (Lipinski definition) is 1. The molecule has 2 saturated heterocycles. The predicted octanol–water partition coefficient (Wildman–Crippen LogP) is 0.106. The number of ether oxygens (including phenoxy) is 1. The summed E-state index contributed by atoms with van der Waals surface area (Å²) in [7, 11) is -3.70. The molecular formula is C13H24N2O5S. The van der Waals surface area contributed by atoms with Crippen molar-refractivity contribution in [3.05, 3.63) is 0 Å². The Morgan fingerprint density at radius 2 is 2.05 bits per heavy atom. The Labute approximate surface area is 126 Å². The van der Waals surface area contributed by atoms with Crippen LogP contribution in [-0.4, -0.2) is 66.0 Å². The maximum Gasteiger partial charge on any atom is 0.324 e. The summed E-state index contributed by atoms with van der Waals surface area (Å²) >= 11 is 0. The van der Waals surface area contributed by atoms with E-state index in [0.717, 1.165) is 6.42 Å². The van der Waals surface area contributed by atoms with Gasteiger partial charge in [-0.3, -0.25) is 4.79 Å². The second-order valence-corrected chi connectivity index (χ2v) is 7.65. The molecular weight excluding hydrogens is 296 g/mol. The van der Waals surface area contributed by atoms with Crippen LogP contribution >= 0.6 is 0 Å². The first-order chi connectivity index (χ1) is 9.84. The number of carbonyl (C=O) groups excluding carboxylic acids is 1. The number of rotatable bonds is 6.